The van der Waals surface area contributed by atoms with E-state index in [1.54, 1.807) is 29.8 Å². The average Bonchev–Trinajstić information content (AvgIpc) is 3.19. The first-order chi connectivity index (χ1) is 13.5. The zero-order valence-corrected chi connectivity index (χ0v) is 17.1. The van der Waals surface area contributed by atoms with E-state index in [1.165, 1.54) is 16.7 Å². The Morgan fingerprint density at radius 1 is 1.54 bits per heavy atom. The second-order valence-electron chi connectivity index (χ2n) is 6.62. The molecule has 1 atom stereocenters. The van der Waals surface area contributed by atoms with Gasteiger partial charge in [-0.05, 0) is 31.0 Å². The minimum Gasteiger partial charge on any atom is -0.376 e. The zero-order valence-electron chi connectivity index (χ0n) is 15.6. The van der Waals surface area contributed by atoms with Crippen molar-refractivity contribution in [3.05, 3.63) is 33.6 Å². The molecule has 7 nitrogen and oxygen atoms in total. The average molecular weight is 421 g/mol. The molecule has 28 heavy (non-hydrogen) atoms. The van der Waals surface area contributed by atoms with Gasteiger partial charge in [0, 0.05) is 25.2 Å². The summed E-state index contributed by atoms with van der Waals surface area (Å²) in [5.74, 6) is 0.00995. The van der Waals surface area contributed by atoms with Crippen molar-refractivity contribution >= 4 is 40.2 Å². The first kappa shape index (κ1) is 20.6. The van der Waals surface area contributed by atoms with Crippen molar-refractivity contribution in [3.8, 4) is 6.07 Å². The molecule has 0 spiro atoms. The van der Waals surface area contributed by atoms with Gasteiger partial charge in [0.05, 0.1) is 41.8 Å². The fourth-order valence-electron chi connectivity index (χ4n) is 3.02. The van der Waals surface area contributed by atoms with Gasteiger partial charge in [-0.3, -0.25) is 14.2 Å². The molecule has 2 heterocycles. The van der Waals surface area contributed by atoms with Crippen molar-refractivity contribution < 1.29 is 9.53 Å². The van der Waals surface area contributed by atoms with E-state index in [9.17, 15) is 9.59 Å². The summed E-state index contributed by atoms with van der Waals surface area (Å²) in [7, 11) is 1.66. The fourth-order valence-corrected chi connectivity index (χ4v) is 4.13. The molecule has 148 valence electrons. The summed E-state index contributed by atoms with van der Waals surface area (Å²) in [6.07, 6.45) is 2.12. The van der Waals surface area contributed by atoms with Gasteiger partial charge in [0.1, 0.15) is 0 Å². The Balaban J connectivity index is 1.88. The maximum absolute atomic E-state index is 13.0. The number of fused-ring (bicyclic) bond motifs is 1. The predicted molar refractivity (Wildman–Crippen MR) is 109 cm³/mol. The lowest BCUT2D eigenvalue weighted by Gasteiger charge is -2.18. The minimum absolute atomic E-state index is 0.0300. The van der Waals surface area contributed by atoms with Crippen LogP contribution < -0.4 is 5.56 Å². The summed E-state index contributed by atoms with van der Waals surface area (Å²) in [5.41, 5.74) is 0.346. The largest absolute Gasteiger partial charge is 0.376 e. The van der Waals surface area contributed by atoms with Crippen molar-refractivity contribution in [1.29, 1.82) is 5.26 Å². The number of hydrogen-bond acceptors (Lipinski definition) is 6. The van der Waals surface area contributed by atoms with Crippen LogP contribution in [-0.4, -0.2) is 52.4 Å². The van der Waals surface area contributed by atoms with Gasteiger partial charge in [-0.15, -0.1) is 0 Å². The molecule has 1 aliphatic heterocycles. The number of aromatic nitrogens is 2. The van der Waals surface area contributed by atoms with Crippen molar-refractivity contribution in [2.45, 2.75) is 37.1 Å². The van der Waals surface area contributed by atoms with E-state index >= 15 is 0 Å². The van der Waals surface area contributed by atoms with Gasteiger partial charge in [-0.25, -0.2) is 4.98 Å². The number of halogens is 1. The highest BCUT2D eigenvalue weighted by molar-refractivity contribution is 7.99. The molecular formula is C19H21ClN4O3S. The highest BCUT2D eigenvalue weighted by Crippen LogP contribution is 2.23. The molecule has 0 N–H and O–H groups in total. The van der Waals surface area contributed by atoms with E-state index in [1.807, 2.05) is 6.07 Å². The maximum atomic E-state index is 13.0. The molecular weight excluding hydrogens is 400 g/mol. The highest BCUT2D eigenvalue weighted by Gasteiger charge is 2.21. The zero-order chi connectivity index (χ0) is 20.1. The van der Waals surface area contributed by atoms with Crippen LogP contribution in [0.1, 0.15) is 19.3 Å². The summed E-state index contributed by atoms with van der Waals surface area (Å²) in [4.78, 5) is 31.5. The molecule has 2 aromatic rings. The van der Waals surface area contributed by atoms with E-state index in [0.717, 1.165) is 12.8 Å². The molecule has 0 aliphatic carbocycles. The van der Waals surface area contributed by atoms with Crippen LogP contribution in [0.3, 0.4) is 0 Å². The van der Waals surface area contributed by atoms with Crippen LogP contribution >= 0.6 is 23.4 Å². The number of nitriles is 1. The van der Waals surface area contributed by atoms with Crippen LogP contribution in [0, 0.1) is 11.3 Å². The fraction of sp³-hybridized carbons (Fsp3) is 0.474. The van der Waals surface area contributed by atoms with Crippen molar-refractivity contribution in [2.75, 3.05) is 26.0 Å². The van der Waals surface area contributed by atoms with Gasteiger partial charge in [-0.1, -0.05) is 23.4 Å². The molecule has 3 rings (SSSR count). The number of ether oxygens (including phenoxy) is 1. The Kier molecular flexibility index (Phi) is 6.94. The lowest BCUT2D eigenvalue weighted by atomic mass is 10.2. The standard InChI is InChI=1S/C19H21ClN4O3S/c1-23(8-3-7-21)17(25)12-28-19-22-16-10-13(20)5-6-15(16)18(26)24(19)11-14-4-2-9-27-14/h5-6,10,14H,2-4,8-9,11-12H2,1H3/t14-/m0/s1. The summed E-state index contributed by atoms with van der Waals surface area (Å²) in [6.45, 7) is 1.48. The molecule has 0 saturated carbocycles. The van der Waals surface area contributed by atoms with Gasteiger partial charge in [0.25, 0.3) is 5.56 Å². The molecule has 0 bridgehead atoms. The number of thioether (sulfide) groups is 1. The monoisotopic (exact) mass is 420 g/mol. The van der Waals surface area contributed by atoms with E-state index < -0.39 is 0 Å². The minimum atomic E-state index is -0.162. The molecule has 1 aromatic heterocycles. The molecule has 9 heteroatoms. The third kappa shape index (κ3) is 4.85. The van der Waals surface area contributed by atoms with Crippen LogP contribution in [0.5, 0.6) is 0 Å². The summed E-state index contributed by atoms with van der Waals surface area (Å²) >= 11 is 7.27. The number of carbonyl (C=O) groups is 1. The van der Waals surface area contributed by atoms with Crippen LogP contribution in [0.25, 0.3) is 10.9 Å². The summed E-state index contributed by atoms with van der Waals surface area (Å²) < 4.78 is 7.28. The molecule has 1 fully saturated rings. The SMILES string of the molecule is CN(CCC#N)C(=O)CSc1nc2cc(Cl)ccc2c(=O)n1C[C@@H]1CCCO1. The number of benzene rings is 1. The van der Waals surface area contributed by atoms with Crippen LogP contribution in [-0.2, 0) is 16.1 Å². The van der Waals surface area contributed by atoms with E-state index in [0.29, 0.717) is 40.8 Å². The lowest BCUT2D eigenvalue weighted by Crippen LogP contribution is -2.31. The number of nitrogens with zero attached hydrogens (tertiary/aromatic N) is 4. The normalized spacial score (nSPS) is 16.2. The number of amides is 1. The first-order valence-electron chi connectivity index (χ1n) is 9.05. The Morgan fingerprint density at radius 2 is 2.36 bits per heavy atom. The molecule has 1 aromatic carbocycles. The molecule has 1 aliphatic rings. The predicted octanol–water partition coefficient (Wildman–Crippen LogP) is 2.69. The quantitative estimate of drug-likeness (QED) is 0.505. The number of carbonyl (C=O) groups excluding carboxylic acids is 1. The second kappa shape index (κ2) is 9.41. The van der Waals surface area contributed by atoms with Gasteiger partial charge >= 0.3 is 0 Å². The maximum Gasteiger partial charge on any atom is 0.262 e. The molecule has 1 saturated heterocycles. The van der Waals surface area contributed by atoms with E-state index in [4.69, 9.17) is 21.6 Å². The van der Waals surface area contributed by atoms with Crippen molar-refractivity contribution in [3.63, 3.8) is 0 Å². The Morgan fingerprint density at radius 3 is 3.07 bits per heavy atom. The smallest absolute Gasteiger partial charge is 0.262 e. The Bertz CT molecular complexity index is 966. The van der Waals surface area contributed by atoms with Gasteiger partial charge in [0.15, 0.2) is 5.16 Å². The van der Waals surface area contributed by atoms with Crippen molar-refractivity contribution in [2.24, 2.45) is 0 Å². The van der Waals surface area contributed by atoms with Gasteiger partial charge < -0.3 is 9.64 Å². The van der Waals surface area contributed by atoms with Crippen LogP contribution in [0.2, 0.25) is 5.02 Å². The van der Waals surface area contributed by atoms with Crippen LogP contribution in [0.4, 0.5) is 0 Å². The van der Waals surface area contributed by atoms with E-state index in [2.05, 4.69) is 4.98 Å². The molecule has 0 unspecified atom stereocenters. The number of hydrogen-bond donors (Lipinski definition) is 0. The van der Waals surface area contributed by atoms with Gasteiger partial charge in [0.2, 0.25) is 5.91 Å². The van der Waals surface area contributed by atoms with Crippen molar-refractivity contribution in [1.82, 2.24) is 14.5 Å². The number of rotatable bonds is 7. The highest BCUT2D eigenvalue weighted by atomic mass is 35.5. The summed E-state index contributed by atoms with van der Waals surface area (Å²) in [6, 6.07) is 7.02. The molecule has 0 radical (unpaired) electrons. The van der Waals surface area contributed by atoms with Gasteiger partial charge in [-0.2, -0.15) is 5.26 Å². The second-order valence-corrected chi connectivity index (χ2v) is 8.00. The third-order valence-corrected chi connectivity index (χ3v) is 5.80. The lowest BCUT2D eigenvalue weighted by molar-refractivity contribution is -0.127. The molecule has 1 amide bonds. The third-order valence-electron chi connectivity index (χ3n) is 4.60. The topological polar surface area (TPSA) is 88.2 Å². The Labute approximate surface area is 172 Å². The summed E-state index contributed by atoms with van der Waals surface area (Å²) in [5, 5.41) is 10.1. The van der Waals surface area contributed by atoms with Crippen LogP contribution in [0.15, 0.2) is 28.2 Å². The Hall–Kier alpha value is -2.08. The first-order valence-corrected chi connectivity index (χ1v) is 10.4. The van der Waals surface area contributed by atoms with E-state index in [-0.39, 0.29) is 29.7 Å².